The van der Waals surface area contributed by atoms with Gasteiger partial charge in [-0.2, -0.15) is 0 Å². The zero-order valence-corrected chi connectivity index (χ0v) is 24.5. The van der Waals surface area contributed by atoms with Crippen molar-refractivity contribution in [3.05, 3.63) is 127 Å². The maximum Gasteiger partial charge on any atom is 0.134 e. The van der Waals surface area contributed by atoms with Crippen LogP contribution < -0.4 is 4.74 Å². The highest BCUT2D eigenvalue weighted by atomic mass is 16.5. The third-order valence-electron chi connectivity index (χ3n) is 9.08. The number of ether oxygens (including phenoxy) is 1. The molecule has 0 atom stereocenters. The van der Waals surface area contributed by atoms with Gasteiger partial charge in [0.05, 0.1) is 7.11 Å². The Bertz CT molecular complexity index is 2240. The number of hydrogen-bond donors (Lipinski definition) is 0. The Balaban J connectivity index is 1.45. The molecule has 0 aliphatic rings. The molecule has 0 heterocycles. The summed E-state index contributed by atoms with van der Waals surface area (Å²) >= 11 is 0. The van der Waals surface area contributed by atoms with Gasteiger partial charge in [0.2, 0.25) is 0 Å². The van der Waals surface area contributed by atoms with E-state index in [1.807, 2.05) is 0 Å². The lowest BCUT2D eigenvalue weighted by Gasteiger charge is -2.20. The van der Waals surface area contributed by atoms with Gasteiger partial charge in [0.15, 0.2) is 0 Å². The molecule has 0 N–H and O–H groups in total. The zero-order chi connectivity index (χ0) is 28.6. The third kappa shape index (κ3) is 3.56. The summed E-state index contributed by atoms with van der Waals surface area (Å²) in [6.45, 7) is 6.81. The second-order valence-corrected chi connectivity index (χ2v) is 12.5. The molecule has 8 aromatic carbocycles. The smallest absolute Gasteiger partial charge is 0.134 e. The molecule has 0 bridgehead atoms. The first kappa shape index (κ1) is 24.9. The maximum absolute atomic E-state index is 5.99. The summed E-state index contributed by atoms with van der Waals surface area (Å²) in [5.74, 6) is 0.935. The molecule has 0 amide bonds. The lowest BCUT2D eigenvalue weighted by molar-refractivity contribution is 0.424. The van der Waals surface area contributed by atoms with Crippen LogP contribution in [0.15, 0.2) is 121 Å². The van der Waals surface area contributed by atoms with Crippen molar-refractivity contribution in [2.24, 2.45) is 0 Å². The topological polar surface area (TPSA) is 9.23 Å². The van der Waals surface area contributed by atoms with E-state index in [1.54, 1.807) is 7.11 Å². The van der Waals surface area contributed by atoms with Crippen molar-refractivity contribution in [2.45, 2.75) is 26.2 Å². The minimum atomic E-state index is 0.132. The molecule has 0 aliphatic carbocycles. The second-order valence-electron chi connectivity index (χ2n) is 12.5. The van der Waals surface area contributed by atoms with Crippen LogP contribution in [0.5, 0.6) is 5.75 Å². The van der Waals surface area contributed by atoms with Gasteiger partial charge in [-0.25, -0.2) is 0 Å². The van der Waals surface area contributed by atoms with E-state index in [-0.39, 0.29) is 5.41 Å². The Labute approximate surface area is 246 Å². The van der Waals surface area contributed by atoms with Crippen molar-refractivity contribution in [2.75, 3.05) is 7.11 Å². The van der Waals surface area contributed by atoms with E-state index in [0.29, 0.717) is 0 Å². The average molecular weight is 541 g/mol. The number of methoxy groups -OCH3 is 1. The molecular formula is C41H32O. The lowest BCUT2D eigenvalue weighted by atomic mass is 9.84. The molecule has 1 heteroatoms. The molecule has 0 aromatic heterocycles. The van der Waals surface area contributed by atoms with E-state index in [0.717, 1.165) is 16.5 Å². The van der Waals surface area contributed by atoms with Crippen LogP contribution in [0.4, 0.5) is 0 Å². The Hall–Kier alpha value is -4.88. The predicted molar refractivity (Wildman–Crippen MR) is 181 cm³/mol. The van der Waals surface area contributed by atoms with Crippen LogP contribution in [0.1, 0.15) is 26.3 Å². The van der Waals surface area contributed by atoms with Crippen LogP contribution in [-0.2, 0) is 5.41 Å². The van der Waals surface area contributed by atoms with Crippen LogP contribution in [0.2, 0.25) is 0 Å². The Kier molecular flexibility index (Phi) is 5.37. The zero-order valence-electron chi connectivity index (χ0n) is 24.5. The number of rotatable bonds is 3. The number of hydrogen-bond acceptors (Lipinski definition) is 1. The van der Waals surface area contributed by atoms with Crippen LogP contribution in [0, 0.1) is 0 Å². The van der Waals surface area contributed by atoms with E-state index in [4.69, 9.17) is 4.74 Å². The highest BCUT2D eigenvalue weighted by Gasteiger charge is 2.20. The summed E-state index contributed by atoms with van der Waals surface area (Å²) < 4.78 is 5.99. The Morgan fingerprint density at radius 2 is 0.929 bits per heavy atom. The minimum Gasteiger partial charge on any atom is -0.495 e. The van der Waals surface area contributed by atoms with Crippen LogP contribution in [0.25, 0.3) is 76.1 Å². The summed E-state index contributed by atoms with van der Waals surface area (Å²) in [7, 11) is 1.78. The first-order valence-electron chi connectivity index (χ1n) is 14.7. The van der Waals surface area contributed by atoms with Gasteiger partial charge in [-0.15, -0.1) is 0 Å². The van der Waals surface area contributed by atoms with Crippen molar-refractivity contribution in [1.82, 2.24) is 0 Å². The van der Waals surface area contributed by atoms with Crippen molar-refractivity contribution >= 4 is 53.9 Å². The molecule has 0 radical (unpaired) electrons. The molecule has 8 aromatic rings. The fourth-order valence-electron chi connectivity index (χ4n) is 7.02. The average Bonchev–Trinajstić information content (AvgIpc) is 3.02. The Morgan fingerprint density at radius 3 is 1.45 bits per heavy atom. The highest BCUT2D eigenvalue weighted by Crippen LogP contribution is 2.47. The number of benzene rings is 8. The number of fused-ring (bicyclic) bond motifs is 2. The quantitative estimate of drug-likeness (QED) is 0.160. The summed E-state index contributed by atoms with van der Waals surface area (Å²) in [5.41, 5.74) is 6.54. The van der Waals surface area contributed by atoms with Crippen molar-refractivity contribution < 1.29 is 4.74 Å². The van der Waals surface area contributed by atoms with Crippen molar-refractivity contribution in [3.63, 3.8) is 0 Å². The molecule has 0 saturated heterocycles. The Morgan fingerprint density at radius 1 is 0.452 bits per heavy atom. The maximum atomic E-state index is 5.99. The molecule has 1 nitrogen and oxygen atoms in total. The standard InChI is InChI=1S/C41H32O/c1-41(2,3)28-19-13-25(14-20-28)29-21-15-26-17-23-33-34(24-18-27-16-22-32(29)37(26)38(27)33)39-30-9-5-7-11-35(30)40(42-4)36-12-8-6-10-31(36)39/h5-24H,1-4H3. The van der Waals surface area contributed by atoms with Gasteiger partial charge < -0.3 is 4.74 Å². The summed E-state index contributed by atoms with van der Waals surface area (Å²) in [4.78, 5) is 0. The van der Waals surface area contributed by atoms with E-state index in [9.17, 15) is 0 Å². The molecule has 0 aliphatic heterocycles. The lowest BCUT2D eigenvalue weighted by Crippen LogP contribution is -2.10. The van der Waals surface area contributed by atoms with E-state index < -0.39 is 0 Å². The molecule has 0 spiro atoms. The largest absolute Gasteiger partial charge is 0.495 e. The summed E-state index contributed by atoms with van der Waals surface area (Å²) in [6.07, 6.45) is 0. The van der Waals surface area contributed by atoms with E-state index >= 15 is 0 Å². The van der Waals surface area contributed by atoms with Gasteiger partial charge in [-0.05, 0) is 76.3 Å². The monoisotopic (exact) mass is 540 g/mol. The van der Waals surface area contributed by atoms with Crippen LogP contribution >= 0.6 is 0 Å². The van der Waals surface area contributed by atoms with Gasteiger partial charge in [-0.3, -0.25) is 0 Å². The van der Waals surface area contributed by atoms with E-state index in [2.05, 4.69) is 142 Å². The fraction of sp³-hybridized carbons (Fsp3) is 0.122. The third-order valence-corrected chi connectivity index (χ3v) is 9.08. The molecule has 0 saturated carbocycles. The SMILES string of the molecule is COc1c2ccccc2c(-c2ccc3ccc4c(-c5ccc(C(C)(C)C)cc5)ccc5ccc2c3c54)c2ccccc12. The molecule has 202 valence electrons. The highest BCUT2D eigenvalue weighted by molar-refractivity contribution is 6.29. The van der Waals surface area contributed by atoms with Crippen molar-refractivity contribution in [1.29, 1.82) is 0 Å². The fourth-order valence-corrected chi connectivity index (χ4v) is 7.02. The molecule has 0 fully saturated rings. The van der Waals surface area contributed by atoms with E-state index in [1.165, 1.54) is 70.9 Å². The summed E-state index contributed by atoms with van der Waals surface area (Å²) in [5, 5.41) is 12.5. The molecular weight excluding hydrogens is 508 g/mol. The van der Waals surface area contributed by atoms with Crippen LogP contribution in [-0.4, -0.2) is 7.11 Å². The second kappa shape index (κ2) is 9.06. The first-order valence-corrected chi connectivity index (χ1v) is 14.7. The molecule has 0 unspecified atom stereocenters. The first-order chi connectivity index (χ1) is 20.4. The van der Waals surface area contributed by atoms with Crippen LogP contribution in [0.3, 0.4) is 0 Å². The molecule has 42 heavy (non-hydrogen) atoms. The van der Waals surface area contributed by atoms with Gasteiger partial charge in [0, 0.05) is 10.8 Å². The normalized spacial score (nSPS) is 12.3. The van der Waals surface area contributed by atoms with Gasteiger partial charge >= 0.3 is 0 Å². The van der Waals surface area contributed by atoms with Gasteiger partial charge in [0.25, 0.3) is 0 Å². The summed E-state index contributed by atoms with van der Waals surface area (Å²) in [6, 6.07) is 44.9. The van der Waals surface area contributed by atoms with Crippen molar-refractivity contribution in [3.8, 4) is 28.0 Å². The van der Waals surface area contributed by atoms with Gasteiger partial charge in [-0.1, -0.05) is 142 Å². The minimum absolute atomic E-state index is 0.132. The molecule has 8 rings (SSSR count). The predicted octanol–water partition coefficient (Wildman–Crippen LogP) is 11.5. The van der Waals surface area contributed by atoms with Gasteiger partial charge in [0.1, 0.15) is 5.75 Å².